The molecule has 0 aliphatic heterocycles. The van der Waals surface area contributed by atoms with Crippen LogP contribution in [0.5, 0.6) is 0 Å². The molecule has 0 saturated heterocycles. The fourth-order valence-electron chi connectivity index (χ4n) is 0.400. The van der Waals surface area contributed by atoms with Crippen LogP contribution in [0.1, 0.15) is 13.8 Å². The van der Waals surface area contributed by atoms with Crippen LogP contribution >= 0.6 is 0 Å². The number of nitrogens with zero attached hydrogens (tertiary/aromatic N) is 2. The quantitative estimate of drug-likeness (QED) is 0.542. The molecule has 0 aliphatic rings. The maximum atomic E-state index is 8.68. The number of hydrogen-bond donors (Lipinski definition) is 0. The zero-order valence-corrected chi connectivity index (χ0v) is 11.4. The largest absolute Gasteiger partial charge is 2.00 e. The predicted octanol–water partition coefficient (Wildman–Crippen LogP) is 0.339. The van der Waals surface area contributed by atoms with E-state index in [1.165, 1.54) is 26.4 Å². The summed E-state index contributed by atoms with van der Waals surface area (Å²) in [5, 5.41) is 0. The smallest absolute Gasteiger partial charge is 0.542 e. The van der Waals surface area contributed by atoms with Gasteiger partial charge in [-0.05, 0) is 28.2 Å². The van der Waals surface area contributed by atoms with E-state index in [-0.39, 0.29) is 16.5 Å². The van der Waals surface area contributed by atoms with Gasteiger partial charge in [-0.2, -0.15) is 13.8 Å². The van der Waals surface area contributed by atoms with Crippen LogP contribution in [0.2, 0.25) is 0 Å². The van der Waals surface area contributed by atoms with Crippen molar-refractivity contribution in [2.45, 2.75) is 13.8 Å². The SMILES string of the molecule is CN(C)CCN(C)C.C[C-]=O.C[C-]=O.[Ni+2]. The summed E-state index contributed by atoms with van der Waals surface area (Å²) in [5.41, 5.74) is 0. The Kier molecular flexibility index (Phi) is 37.8. The van der Waals surface area contributed by atoms with Crippen LogP contribution in [0, 0.1) is 0 Å². The van der Waals surface area contributed by atoms with Gasteiger partial charge >= 0.3 is 16.5 Å². The molecular weight excluding hydrogens is 239 g/mol. The molecule has 0 fully saturated rings. The van der Waals surface area contributed by atoms with E-state index in [4.69, 9.17) is 9.59 Å². The maximum absolute atomic E-state index is 8.68. The van der Waals surface area contributed by atoms with Gasteiger partial charge in [0.25, 0.3) is 0 Å². The van der Waals surface area contributed by atoms with Gasteiger partial charge in [0, 0.05) is 13.1 Å². The summed E-state index contributed by atoms with van der Waals surface area (Å²) in [5.74, 6) is 0. The Morgan fingerprint density at radius 1 is 0.800 bits per heavy atom. The maximum Gasteiger partial charge on any atom is 2.00 e. The van der Waals surface area contributed by atoms with E-state index in [0.717, 1.165) is 13.1 Å². The van der Waals surface area contributed by atoms with Crippen LogP contribution in [0.25, 0.3) is 0 Å². The Bertz CT molecular complexity index is 106. The molecule has 0 aliphatic carbocycles. The van der Waals surface area contributed by atoms with Crippen molar-refractivity contribution >= 4 is 12.6 Å². The molecule has 0 heterocycles. The Morgan fingerprint density at radius 3 is 1.00 bits per heavy atom. The van der Waals surface area contributed by atoms with Crippen LogP contribution in [0.15, 0.2) is 0 Å². The van der Waals surface area contributed by atoms with Gasteiger partial charge in [0.05, 0.1) is 0 Å². The van der Waals surface area contributed by atoms with Gasteiger partial charge in [-0.15, -0.1) is 0 Å². The summed E-state index contributed by atoms with van der Waals surface area (Å²) in [6.45, 7) is 4.93. The molecule has 0 amide bonds. The van der Waals surface area contributed by atoms with Crippen LogP contribution in [0.4, 0.5) is 0 Å². The average molecular weight is 261 g/mol. The number of rotatable bonds is 3. The molecule has 0 spiro atoms. The van der Waals surface area contributed by atoms with Gasteiger partial charge in [0.15, 0.2) is 0 Å². The van der Waals surface area contributed by atoms with Crippen molar-refractivity contribution in [1.82, 2.24) is 9.80 Å². The van der Waals surface area contributed by atoms with E-state index >= 15 is 0 Å². The van der Waals surface area contributed by atoms with Gasteiger partial charge in [-0.1, -0.05) is 0 Å². The van der Waals surface area contributed by atoms with Crippen LogP contribution in [-0.2, 0) is 26.1 Å². The van der Waals surface area contributed by atoms with E-state index in [9.17, 15) is 0 Å². The molecular formula is C10H22N2NiO2. The summed E-state index contributed by atoms with van der Waals surface area (Å²) in [6, 6.07) is 0. The van der Waals surface area contributed by atoms with Gasteiger partial charge < -0.3 is 19.4 Å². The summed E-state index contributed by atoms with van der Waals surface area (Å²) < 4.78 is 0. The summed E-state index contributed by atoms with van der Waals surface area (Å²) >= 11 is 0. The minimum Gasteiger partial charge on any atom is -0.542 e. The zero-order chi connectivity index (χ0) is 12.0. The standard InChI is InChI=1S/C6H16N2.2C2H3O.Ni/c1-7(2)5-6-8(3)4;2*1-2-3;/h5-6H2,1-4H3;2*1H3;/q;2*-1;+2. The third-order valence-electron chi connectivity index (χ3n) is 0.994. The van der Waals surface area contributed by atoms with Gasteiger partial charge in [-0.25, -0.2) is 0 Å². The van der Waals surface area contributed by atoms with Crippen LogP contribution in [0.3, 0.4) is 0 Å². The number of carbonyl (C=O) groups excluding carboxylic acids is 2. The molecule has 0 radical (unpaired) electrons. The van der Waals surface area contributed by atoms with Crippen molar-refractivity contribution < 1.29 is 26.1 Å². The first kappa shape index (κ1) is 24.1. The number of hydrogen-bond acceptors (Lipinski definition) is 4. The fraction of sp³-hybridized carbons (Fsp3) is 0.800. The van der Waals surface area contributed by atoms with Crippen LogP contribution in [-0.4, -0.2) is 63.7 Å². The van der Waals surface area contributed by atoms with E-state index in [2.05, 4.69) is 38.0 Å². The molecule has 94 valence electrons. The van der Waals surface area contributed by atoms with E-state index in [0.29, 0.717) is 0 Å². The fourth-order valence-corrected chi connectivity index (χ4v) is 0.400. The zero-order valence-electron chi connectivity index (χ0n) is 10.4. The molecule has 0 aromatic rings. The molecule has 4 nitrogen and oxygen atoms in total. The first-order chi connectivity index (χ1) is 6.45. The summed E-state index contributed by atoms with van der Waals surface area (Å²) in [7, 11) is 8.35. The Balaban J connectivity index is -0.0000000733. The summed E-state index contributed by atoms with van der Waals surface area (Å²) in [4.78, 5) is 21.7. The second-order valence-electron chi connectivity index (χ2n) is 3.01. The Morgan fingerprint density at radius 2 is 0.933 bits per heavy atom. The first-order valence-electron chi connectivity index (χ1n) is 4.33. The monoisotopic (exact) mass is 260 g/mol. The minimum absolute atomic E-state index is 0. The molecule has 15 heavy (non-hydrogen) atoms. The topological polar surface area (TPSA) is 40.6 Å². The second-order valence-corrected chi connectivity index (χ2v) is 3.01. The van der Waals surface area contributed by atoms with Gasteiger partial charge in [-0.3, -0.25) is 12.6 Å². The average Bonchev–Trinajstić information content (AvgIpc) is 2.04. The second kappa shape index (κ2) is 23.5. The third-order valence-corrected chi connectivity index (χ3v) is 0.994. The molecule has 0 saturated carbocycles. The van der Waals surface area contributed by atoms with Crippen molar-refractivity contribution in [3.05, 3.63) is 0 Å². The molecule has 0 N–H and O–H groups in total. The first-order valence-corrected chi connectivity index (χ1v) is 4.33. The van der Waals surface area contributed by atoms with Crippen molar-refractivity contribution in [3.63, 3.8) is 0 Å². The minimum atomic E-state index is 0. The normalized spacial score (nSPS) is 7.73. The van der Waals surface area contributed by atoms with Crippen LogP contribution < -0.4 is 0 Å². The van der Waals surface area contributed by atoms with E-state index in [1.54, 1.807) is 0 Å². The third kappa shape index (κ3) is 84.1. The molecule has 0 aromatic carbocycles. The number of likely N-dealkylation sites (N-methyl/N-ethyl adjacent to an activating group) is 2. The van der Waals surface area contributed by atoms with Crippen molar-refractivity contribution in [3.8, 4) is 0 Å². The Labute approximate surface area is 104 Å². The Hall–Kier alpha value is -0.246. The van der Waals surface area contributed by atoms with E-state index < -0.39 is 0 Å². The van der Waals surface area contributed by atoms with Gasteiger partial charge in [0.2, 0.25) is 0 Å². The summed E-state index contributed by atoms with van der Waals surface area (Å²) in [6.07, 6.45) is 3.00. The molecule has 5 heteroatoms. The van der Waals surface area contributed by atoms with Crippen molar-refractivity contribution in [2.75, 3.05) is 41.3 Å². The molecule has 0 bridgehead atoms. The van der Waals surface area contributed by atoms with Crippen molar-refractivity contribution in [1.29, 1.82) is 0 Å². The van der Waals surface area contributed by atoms with E-state index in [1.807, 2.05) is 0 Å². The molecule has 0 aromatic heterocycles. The molecule has 0 atom stereocenters. The predicted molar refractivity (Wildman–Crippen MR) is 59.8 cm³/mol. The van der Waals surface area contributed by atoms with Crippen molar-refractivity contribution in [2.24, 2.45) is 0 Å². The van der Waals surface area contributed by atoms with Gasteiger partial charge in [0.1, 0.15) is 0 Å². The molecule has 0 rings (SSSR count). The molecule has 0 unspecified atom stereocenters.